The Morgan fingerprint density at radius 2 is 2.25 bits per heavy atom. The van der Waals surface area contributed by atoms with Gasteiger partial charge in [-0.25, -0.2) is 0 Å². The van der Waals surface area contributed by atoms with Crippen molar-refractivity contribution in [3.8, 4) is 0 Å². The average Bonchev–Trinajstić information content (AvgIpc) is 2.46. The molecule has 4 rings (SSSR count). The van der Waals surface area contributed by atoms with Crippen molar-refractivity contribution < 1.29 is 9.90 Å². The zero-order chi connectivity index (χ0) is 13.7. The smallest absolute Gasteiger partial charge is 0.224 e. The molecule has 4 heteroatoms. The number of aliphatic hydroxyl groups is 1. The van der Waals surface area contributed by atoms with Crippen LogP contribution in [-0.4, -0.2) is 29.7 Å². The minimum absolute atomic E-state index is 0.0792. The lowest BCUT2D eigenvalue weighted by Crippen LogP contribution is -2.65. The number of nitrogens with one attached hydrogen (secondary N) is 2. The van der Waals surface area contributed by atoms with Crippen LogP contribution in [0.15, 0.2) is 11.3 Å². The van der Waals surface area contributed by atoms with Gasteiger partial charge in [-0.1, -0.05) is 0 Å². The molecule has 2 bridgehead atoms. The number of hydrogen-bond donors (Lipinski definition) is 3. The van der Waals surface area contributed by atoms with E-state index in [2.05, 4.69) is 10.6 Å². The maximum absolute atomic E-state index is 11.7. The molecule has 1 saturated carbocycles. The zero-order valence-corrected chi connectivity index (χ0v) is 12.0. The molecule has 4 atom stereocenters. The van der Waals surface area contributed by atoms with Gasteiger partial charge < -0.3 is 15.7 Å². The second-order valence-electron chi connectivity index (χ2n) is 7.10. The van der Waals surface area contributed by atoms with E-state index in [1.54, 1.807) is 0 Å². The summed E-state index contributed by atoms with van der Waals surface area (Å²) in [7, 11) is 0. The van der Waals surface area contributed by atoms with E-state index >= 15 is 0 Å². The summed E-state index contributed by atoms with van der Waals surface area (Å²) in [4.78, 5) is 11.7. The second kappa shape index (κ2) is 4.57. The molecule has 20 heavy (non-hydrogen) atoms. The highest BCUT2D eigenvalue weighted by molar-refractivity contribution is 5.80. The number of aliphatic hydroxyl groups excluding tert-OH is 1. The quantitative estimate of drug-likeness (QED) is 0.677. The van der Waals surface area contributed by atoms with Crippen molar-refractivity contribution in [3.05, 3.63) is 11.3 Å². The van der Waals surface area contributed by atoms with Crippen LogP contribution in [0.3, 0.4) is 0 Å². The zero-order valence-electron chi connectivity index (χ0n) is 12.0. The molecule has 0 radical (unpaired) electrons. The fraction of sp³-hybridized carbons (Fsp3) is 0.812. The van der Waals surface area contributed by atoms with Gasteiger partial charge in [0.05, 0.1) is 0 Å². The standard InChI is InChI=1S/C16H24N2O2/c19-9-10-6-11-7-14-13(3-4-15(20)18-14)16(8-10)12(11)2-1-5-17-16/h10-12,17,19H,1-9H2,(H,18,20)/t10-,11+,12-,16-/m1/s1. The lowest BCUT2D eigenvalue weighted by atomic mass is 9.53. The molecule has 2 heterocycles. The fourth-order valence-corrected chi connectivity index (χ4v) is 5.45. The Bertz CT molecular complexity index is 473. The van der Waals surface area contributed by atoms with Crippen LogP contribution >= 0.6 is 0 Å². The van der Waals surface area contributed by atoms with Crippen molar-refractivity contribution in [1.29, 1.82) is 0 Å². The predicted molar refractivity (Wildman–Crippen MR) is 75.8 cm³/mol. The predicted octanol–water partition coefficient (Wildman–Crippen LogP) is 1.31. The molecule has 1 amide bonds. The maximum atomic E-state index is 11.7. The highest BCUT2D eigenvalue weighted by atomic mass is 16.3. The van der Waals surface area contributed by atoms with E-state index in [0.717, 1.165) is 32.2 Å². The van der Waals surface area contributed by atoms with Crippen LogP contribution in [0.2, 0.25) is 0 Å². The van der Waals surface area contributed by atoms with Crippen LogP contribution in [0.1, 0.15) is 44.9 Å². The van der Waals surface area contributed by atoms with Crippen molar-refractivity contribution in [2.75, 3.05) is 13.2 Å². The van der Waals surface area contributed by atoms with Gasteiger partial charge in [0.1, 0.15) is 0 Å². The summed E-state index contributed by atoms with van der Waals surface area (Å²) in [6.45, 7) is 1.38. The normalized spacial score (nSPS) is 43.6. The minimum Gasteiger partial charge on any atom is -0.396 e. The molecule has 4 aliphatic rings. The first kappa shape index (κ1) is 12.8. The maximum Gasteiger partial charge on any atom is 0.224 e. The first-order valence-corrected chi connectivity index (χ1v) is 8.11. The Hall–Kier alpha value is -0.870. The van der Waals surface area contributed by atoms with Gasteiger partial charge in [0, 0.05) is 24.3 Å². The van der Waals surface area contributed by atoms with Gasteiger partial charge in [0.15, 0.2) is 0 Å². The van der Waals surface area contributed by atoms with Crippen LogP contribution in [0, 0.1) is 17.8 Å². The number of carbonyl (C=O) groups is 1. The Morgan fingerprint density at radius 3 is 3.10 bits per heavy atom. The summed E-state index contributed by atoms with van der Waals surface area (Å²) in [5.74, 6) is 1.96. The monoisotopic (exact) mass is 276 g/mol. The van der Waals surface area contributed by atoms with Gasteiger partial charge in [-0.3, -0.25) is 4.79 Å². The van der Waals surface area contributed by atoms with Crippen molar-refractivity contribution in [3.63, 3.8) is 0 Å². The number of rotatable bonds is 1. The fourth-order valence-electron chi connectivity index (χ4n) is 5.45. The summed E-state index contributed by atoms with van der Waals surface area (Å²) in [6, 6.07) is 0. The first-order chi connectivity index (χ1) is 9.73. The highest BCUT2D eigenvalue weighted by Gasteiger charge is 2.55. The van der Waals surface area contributed by atoms with E-state index in [9.17, 15) is 9.90 Å². The Kier molecular flexibility index (Phi) is 2.93. The molecule has 0 aromatic rings. The SMILES string of the molecule is O=C1CCC2=C(C[C@@H]3C[C@@H](CO)C[C@]24NCCC[C@H]34)N1. The summed E-state index contributed by atoms with van der Waals surface area (Å²) in [5, 5.41) is 16.6. The lowest BCUT2D eigenvalue weighted by molar-refractivity contribution is -0.121. The van der Waals surface area contributed by atoms with Crippen LogP contribution < -0.4 is 10.6 Å². The van der Waals surface area contributed by atoms with E-state index in [1.807, 2.05) is 0 Å². The van der Waals surface area contributed by atoms with E-state index < -0.39 is 0 Å². The molecule has 2 aliphatic carbocycles. The second-order valence-corrected chi connectivity index (χ2v) is 7.10. The van der Waals surface area contributed by atoms with Gasteiger partial charge in [0.2, 0.25) is 5.91 Å². The van der Waals surface area contributed by atoms with Crippen molar-refractivity contribution >= 4 is 5.91 Å². The Labute approximate surface area is 120 Å². The first-order valence-electron chi connectivity index (χ1n) is 8.11. The van der Waals surface area contributed by atoms with Gasteiger partial charge >= 0.3 is 0 Å². The van der Waals surface area contributed by atoms with Crippen LogP contribution in [0.4, 0.5) is 0 Å². The third-order valence-corrected chi connectivity index (χ3v) is 6.10. The molecule has 4 nitrogen and oxygen atoms in total. The van der Waals surface area contributed by atoms with Crippen molar-refractivity contribution in [2.45, 2.75) is 50.5 Å². The molecule has 2 aliphatic heterocycles. The summed E-state index contributed by atoms with van der Waals surface area (Å²) in [6.07, 6.45) is 7.31. The van der Waals surface area contributed by atoms with Crippen LogP contribution in [0.5, 0.6) is 0 Å². The summed E-state index contributed by atoms with van der Waals surface area (Å²) in [5.41, 5.74) is 2.76. The van der Waals surface area contributed by atoms with E-state index in [4.69, 9.17) is 0 Å². The molecule has 2 fully saturated rings. The molecule has 0 spiro atoms. The summed E-state index contributed by atoms with van der Waals surface area (Å²) >= 11 is 0. The molecular formula is C16H24N2O2. The van der Waals surface area contributed by atoms with Crippen LogP contribution in [-0.2, 0) is 4.79 Å². The number of carbonyl (C=O) groups excluding carboxylic acids is 1. The third-order valence-electron chi connectivity index (χ3n) is 6.10. The third kappa shape index (κ3) is 1.70. The number of amides is 1. The van der Waals surface area contributed by atoms with E-state index in [1.165, 1.54) is 24.1 Å². The number of piperidine rings is 1. The number of allylic oxidation sites excluding steroid dienone is 1. The molecule has 1 saturated heterocycles. The van der Waals surface area contributed by atoms with Crippen molar-refractivity contribution in [2.24, 2.45) is 17.8 Å². The van der Waals surface area contributed by atoms with Gasteiger partial charge in [-0.2, -0.15) is 0 Å². The molecule has 110 valence electrons. The molecule has 0 aromatic heterocycles. The molecule has 3 N–H and O–H groups in total. The molecular weight excluding hydrogens is 252 g/mol. The van der Waals surface area contributed by atoms with Gasteiger partial charge in [-0.05, 0) is 68.4 Å². The molecule has 0 unspecified atom stereocenters. The highest BCUT2D eigenvalue weighted by Crippen LogP contribution is 2.55. The van der Waals surface area contributed by atoms with Gasteiger partial charge in [0.25, 0.3) is 0 Å². The van der Waals surface area contributed by atoms with Gasteiger partial charge in [-0.15, -0.1) is 0 Å². The van der Waals surface area contributed by atoms with Crippen molar-refractivity contribution in [1.82, 2.24) is 10.6 Å². The number of hydrogen-bond acceptors (Lipinski definition) is 3. The minimum atomic E-state index is 0.0792. The largest absolute Gasteiger partial charge is 0.396 e. The Morgan fingerprint density at radius 1 is 1.35 bits per heavy atom. The Balaban J connectivity index is 1.79. The topological polar surface area (TPSA) is 61.4 Å². The molecule has 0 aromatic carbocycles. The average molecular weight is 276 g/mol. The summed E-state index contributed by atoms with van der Waals surface area (Å²) < 4.78 is 0. The van der Waals surface area contributed by atoms with E-state index in [0.29, 0.717) is 30.8 Å². The van der Waals surface area contributed by atoms with Crippen LogP contribution in [0.25, 0.3) is 0 Å². The van der Waals surface area contributed by atoms with E-state index in [-0.39, 0.29) is 11.4 Å². The lowest BCUT2D eigenvalue weighted by Gasteiger charge is -2.59.